The molecular formula is C8H15NO. The summed E-state index contributed by atoms with van der Waals surface area (Å²) in [6, 6.07) is 1.94. The predicted octanol–water partition coefficient (Wildman–Crippen LogP) is 1.70. The number of rotatable bonds is 2. The topological polar surface area (TPSA) is 44.0 Å². The largest absolute Gasteiger partial charge is 0.392 e. The SMILES string of the molecule is CC(C)(C)CC(O)CC#N. The first-order valence-electron chi connectivity index (χ1n) is 3.51. The lowest BCUT2D eigenvalue weighted by Gasteiger charge is -2.20. The maximum atomic E-state index is 9.16. The Labute approximate surface area is 62.5 Å². The molecule has 0 saturated carbocycles. The summed E-state index contributed by atoms with van der Waals surface area (Å²) in [6.45, 7) is 6.15. The highest BCUT2D eigenvalue weighted by Crippen LogP contribution is 2.21. The van der Waals surface area contributed by atoms with Gasteiger partial charge in [0.05, 0.1) is 18.6 Å². The van der Waals surface area contributed by atoms with Crippen LogP contribution < -0.4 is 0 Å². The van der Waals surface area contributed by atoms with Crippen molar-refractivity contribution in [1.82, 2.24) is 0 Å². The van der Waals surface area contributed by atoms with E-state index in [1.54, 1.807) is 0 Å². The van der Waals surface area contributed by atoms with Crippen LogP contribution in [0.1, 0.15) is 33.6 Å². The van der Waals surface area contributed by atoms with Crippen molar-refractivity contribution in [2.45, 2.75) is 39.7 Å². The van der Waals surface area contributed by atoms with E-state index in [-0.39, 0.29) is 11.8 Å². The van der Waals surface area contributed by atoms with Crippen LogP contribution in [0.5, 0.6) is 0 Å². The van der Waals surface area contributed by atoms with E-state index in [9.17, 15) is 0 Å². The molecular weight excluding hydrogens is 126 g/mol. The van der Waals surface area contributed by atoms with Gasteiger partial charge in [0.1, 0.15) is 0 Å². The van der Waals surface area contributed by atoms with Crippen molar-refractivity contribution in [2.24, 2.45) is 5.41 Å². The molecule has 0 spiro atoms. The van der Waals surface area contributed by atoms with Gasteiger partial charge in [0.2, 0.25) is 0 Å². The van der Waals surface area contributed by atoms with Gasteiger partial charge in [0, 0.05) is 0 Å². The molecule has 0 aromatic heterocycles. The Morgan fingerprint density at radius 2 is 2.00 bits per heavy atom. The van der Waals surface area contributed by atoms with Gasteiger partial charge in [-0.3, -0.25) is 0 Å². The van der Waals surface area contributed by atoms with E-state index in [4.69, 9.17) is 10.4 Å². The Hall–Kier alpha value is -0.550. The smallest absolute Gasteiger partial charge is 0.0675 e. The summed E-state index contributed by atoms with van der Waals surface area (Å²) in [4.78, 5) is 0. The van der Waals surface area contributed by atoms with Gasteiger partial charge in [0.15, 0.2) is 0 Å². The molecule has 1 N–H and O–H groups in total. The van der Waals surface area contributed by atoms with Crippen molar-refractivity contribution in [2.75, 3.05) is 0 Å². The van der Waals surface area contributed by atoms with Crippen LogP contribution >= 0.6 is 0 Å². The Balaban J connectivity index is 3.60. The molecule has 0 rings (SSSR count). The zero-order valence-electron chi connectivity index (χ0n) is 6.89. The number of nitriles is 1. The second kappa shape index (κ2) is 3.58. The van der Waals surface area contributed by atoms with E-state index in [0.29, 0.717) is 6.42 Å². The fourth-order valence-corrected chi connectivity index (χ4v) is 0.884. The normalized spacial score (nSPS) is 14.3. The summed E-state index contributed by atoms with van der Waals surface area (Å²) < 4.78 is 0. The monoisotopic (exact) mass is 141 g/mol. The summed E-state index contributed by atoms with van der Waals surface area (Å²) in [5.41, 5.74) is 0.121. The van der Waals surface area contributed by atoms with Crippen molar-refractivity contribution in [3.05, 3.63) is 0 Å². The van der Waals surface area contributed by atoms with Crippen LogP contribution in [0, 0.1) is 16.7 Å². The van der Waals surface area contributed by atoms with Gasteiger partial charge in [-0.2, -0.15) is 5.26 Å². The van der Waals surface area contributed by atoms with Gasteiger partial charge in [-0.1, -0.05) is 20.8 Å². The third-order valence-electron chi connectivity index (χ3n) is 1.17. The summed E-state index contributed by atoms with van der Waals surface area (Å²) in [6.07, 6.45) is 0.489. The molecule has 0 aliphatic heterocycles. The highest BCUT2D eigenvalue weighted by atomic mass is 16.3. The van der Waals surface area contributed by atoms with Gasteiger partial charge in [-0.05, 0) is 11.8 Å². The first kappa shape index (κ1) is 9.45. The average molecular weight is 141 g/mol. The first-order valence-corrected chi connectivity index (χ1v) is 3.51. The van der Waals surface area contributed by atoms with Crippen LogP contribution in [0.15, 0.2) is 0 Å². The highest BCUT2D eigenvalue weighted by molar-refractivity contribution is 4.78. The molecule has 0 aliphatic rings. The van der Waals surface area contributed by atoms with E-state index in [0.717, 1.165) is 0 Å². The predicted molar refractivity (Wildman–Crippen MR) is 40.3 cm³/mol. The van der Waals surface area contributed by atoms with E-state index in [1.165, 1.54) is 0 Å². The molecule has 0 fully saturated rings. The Bertz CT molecular complexity index is 129. The summed E-state index contributed by atoms with van der Waals surface area (Å²) in [7, 11) is 0. The van der Waals surface area contributed by atoms with Crippen molar-refractivity contribution in [1.29, 1.82) is 5.26 Å². The number of hydrogen-bond donors (Lipinski definition) is 1. The maximum Gasteiger partial charge on any atom is 0.0675 e. The molecule has 0 aliphatic carbocycles. The number of nitrogens with zero attached hydrogens (tertiary/aromatic N) is 1. The standard InChI is InChI=1S/C8H15NO/c1-8(2,3)6-7(10)4-5-9/h7,10H,4,6H2,1-3H3. The number of aliphatic hydroxyl groups is 1. The second-order valence-corrected chi connectivity index (χ2v) is 3.78. The van der Waals surface area contributed by atoms with Crippen LogP contribution in [0.2, 0.25) is 0 Å². The van der Waals surface area contributed by atoms with Crippen molar-refractivity contribution >= 4 is 0 Å². The van der Waals surface area contributed by atoms with Gasteiger partial charge in [-0.15, -0.1) is 0 Å². The Morgan fingerprint density at radius 1 is 1.50 bits per heavy atom. The molecule has 2 heteroatoms. The van der Waals surface area contributed by atoms with Crippen LogP contribution in [0.3, 0.4) is 0 Å². The molecule has 2 nitrogen and oxygen atoms in total. The fourth-order valence-electron chi connectivity index (χ4n) is 0.884. The molecule has 1 atom stereocenters. The van der Waals surface area contributed by atoms with E-state index < -0.39 is 6.10 Å². The zero-order valence-corrected chi connectivity index (χ0v) is 6.89. The number of hydrogen-bond acceptors (Lipinski definition) is 2. The van der Waals surface area contributed by atoms with Gasteiger partial charge >= 0.3 is 0 Å². The molecule has 0 aromatic carbocycles. The minimum atomic E-state index is -0.454. The van der Waals surface area contributed by atoms with Crippen molar-refractivity contribution < 1.29 is 5.11 Å². The van der Waals surface area contributed by atoms with Crippen LogP contribution in [0.25, 0.3) is 0 Å². The molecule has 58 valence electrons. The highest BCUT2D eigenvalue weighted by Gasteiger charge is 2.15. The lowest BCUT2D eigenvalue weighted by Crippen LogP contribution is -2.16. The summed E-state index contributed by atoms with van der Waals surface area (Å²) >= 11 is 0. The van der Waals surface area contributed by atoms with Crippen molar-refractivity contribution in [3.8, 4) is 6.07 Å². The maximum absolute atomic E-state index is 9.16. The van der Waals surface area contributed by atoms with E-state index in [2.05, 4.69) is 0 Å². The molecule has 10 heavy (non-hydrogen) atoms. The molecule has 0 heterocycles. The molecule has 0 bridgehead atoms. The van der Waals surface area contributed by atoms with Gasteiger partial charge < -0.3 is 5.11 Å². The molecule has 0 radical (unpaired) electrons. The van der Waals surface area contributed by atoms with Gasteiger partial charge in [-0.25, -0.2) is 0 Å². The third kappa shape index (κ3) is 5.58. The number of aliphatic hydroxyl groups excluding tert-OH is 1. The third-order valence-corrected chi connectivity index (χ3v) is 1.17. The minimum absolute atomic E-state index is 0.121. The molecule has 0 aromatic rings. The zero-order chi connectivity index (χ0) is 8.20. The second-order valence-electron chi connectivity index (χ2n) is 3.78. The lowest BCUT2D eigenvalue weighted by atomic mass is 9.88. The molecule has 0 saturated heterocycles. The molecule has 0 amide bonds. The Kier molecular flexibility index (Phi) is 3.38. The van der Waals surface area contributed by atoms with E-state index >= 15 is 0 Å². The fraction of sp³-hybridized carbons (Fsp3) is 0.875. The summed E-state index contributed by atoms with van der Waals surface area (Å²) in [5.74, 6) is 0. The summed E-state index contributed by atoms with van der Waals surface area (Å²) in [5, 5.41) is 17.4. The van der Waals surface area contributed by atoms with E-state index in [1.807, 2.05) is 26.8 Å². The Morgan fingerprint density at radius 3 is 2.30 bits per heavy atom. The minimum Gasteiger partial charge on any atom is -0.392 e. The van der Waals surface area contributed by atoms with Crippen LogP contribution in [-0.2, 0) is 0 Å². The average Bonchev–Trinajstić information content (AvgIpc) is 1.59. The van der Waals surface area contributed by atoms with Crippen molar-refractivity contribution in [3.63, 3.8) is 0 Å². The quantitative estimate of drug-likeness (QED) is 0.636. The van der Waals surface area contributed by atoms with Gasteiger partial charge in [0.25, 0.3) is 0 Å². The van der Waals surface area contributed by atoms with Crippen LogP contribution in [-0.4, -0.2) is 11.2 Å². The first-order chi connectivity index (χ1) is 4.45. The van der Waals surface area contributed by atoms with Crippen LogP contribution in [0.4, 0.5) is 0 Å². The molecule has 1 unspecified atom stereocenters. The lowest BCUT2D eigenvalue weighted by molar-refractivity contribution is 0.125.